The number of phosphoric ester groups is 2. The van der Waals surface area contributed by atoms with Gasteiger partial charge in [-0.3, -0.25) is 37.3 Å². The minimum Gasteiger partial charge on any atom is -0.462 e. The Kier molecular flexibility index (Phi) is 73.1. The molecule has 19 heteroatoms. The first-order valence-electron chi connectivity index (χ1n) is 43.0. The fourth-order valence-electron chi connectivity index (χ4n) is 12.9. The van der Waals surface area contributed by atoms with Gasteiger partial charge in [-0.1, -0.05) is 388 Å². The monoisotopic (exact) mass is 1490 g/mol. The van der Waals surface area contributed by atoms with E-state index in [0.29, 0.717) is 25.7 Å². The van der Waals surface area contributed by atoms with Crippen molar-refractivity contribution in [2.24, 2.45) is 11.8 Å². The molecule has 0 aromatic heterocycles. The molecule has 0 saturated carbocycles. The Bertz CT molecular complexity index is 1960. The van der Waals surface area contributed by atoms with Gasteiger partial charge >= 0.3 is 39.5 Å². The molecule has 0 aliphatic heterocycles. The molecule has 0 aliphatic carbocycles. The highest BCUT2D eigenvalue weighted by molar-refractivity contribution is 7.47. The molecular formula is C83H162O17P2. The van der Waals surface area contributed by atoms with E-state index in [2.05, 4.69) is 41.5 Å². The number of carbonyl (C=O) groups is 4. The highest BCUT2D eigenvalue weighted by atomic mass is 31.2. The highest BCUT2D eigenvalue weighted by Gasteiger charge is 2.30. The lowest BCUT2D eigenvalue weighted by molar-refractivity contribution is -0.161. The average Bonchev–Trinajstić information content (AvgIpc) is 0.910. The van der Waals surface area contributed by atoms with Crippen LogP contribution in [-0.4, -0.2) is 96.7 Å². The van der Waals surface area contributed by atoms with Crippen molar-refractivity contribution >= 4 is 39.5 Å². The molecule has 3 unspecified atom stereocenters. The summed E-state index contributed by atoms with van der Waals surface area (Å²) in [7, 11) is -9.92. The van der Waals surface area contributed by atoms with Crippen molar-refractivity contribution in [3.05, 3.63) is 0 Å². The summed E-state index contributed by atoms with van der Waals surface area (Å²) in [5.41, 5.74) is 0. The maximum atomic E-state index is 13.1. The van der Waals surface area contributed by atoms with Crippen LogP contribution in [0, 0.1) is 11.8 Å². The van der Waals surface area contributed by atoms with E-state index in [9.17, 15) is 43.2 Å². The molecule has 0 rings (SSSR count). The van der Waals surface area contributed by atoms with E-state index in [1.165, 1.54) is 257 Å². The SMILES string of the molecule is CCCCCCCCCCCCCCCCCCCCCCCC(=O)O[C@H](COC(=O)CCCCCCCCCCCCCCCCC(C)CC)COP(=O)(O)OC[C@@H](O)COP(=O)(O)OC[C@@H](COC(=O)CCCCCCCCCCCC)OC(=O)CCCCCCCCCCCCC(C)C. The Balaban J connectivity index is 5.22. The van der Waals surface area contributed by atoms with Gasteiger partial charge < -0.3 is 33.8 Å². The summed E-state index contributed by atoms with van der Waals surface area (Å²) in [5, 5.41) is 10.6. The molecule has 0 fully saturated rings. The summed E-state index contributed by atoms with van der Waals surface area (Å²) < 4.78 is 68.8. The van der Waals surface area contributed by atoms with Crippen molar-refractivity contribution in [3.8, 4) is 0 Å². The van der Waals surface area contributed by atoms with Crippen LogP contribution in [0.3, 0.4) is 0 Å². The van der Waals surface area contributed by atoms with Crippen LogP contribution in [0.2, 0.25) is 0 Å². The average molecular weight is 1490 g/mol. The van der Waals surface area contributed by atoms with Gasteiger partial charge in [0.2, 0.25) is 0 Å². The number of phosphoric acid groups is 2. The van der Waals surface area contributed by atoms with Crippen molar-refractivity contribution in [1.82, 2.24) is 0 Å². The molecule has 0 amide bonds. The van der Waals surface area contributed by atoms with Gasteiger partial charge in [0.25, 0.3) is 0 Å². The van der Waals surface area contributed by atoms with Gasteiger partial charge in [0.1, 0.15) is 19.3 Å². The molecule has 606 valence electrons. The third-order valence-electron chi connectivity index (χ3n) is 19.8. The van der Waals surface area contributed by atoms with Crippen LogP contribution >= 0.6 is 15.6 Å². The molecule has 102 heavy (non-hydrogen) atoms. The number of unbranched alkanes of at least 4 members (excludes halogenated alkanes) is 51. The van der Waals surface area contributed by atoms with Gasteiger partial charge in [-0.2, -0.15) is 0 Å². The molecule has 0 radical (unpaired) electrons. The number of hydrogen-bond acceptors (Lipinski definition) is 15. The number of esters is 4. The molecule has 0 saturated heterocycles. The number of aliphatic hydroxyl groups excluding tert-OH is 1. The standard InChI is InChI=1S/C83H162O17P2/c1-7-10-12-14-16-18-20-21-22-23-24-25-26-27-28-33-36-43-49-55-61-67-82(87)99-79(72-94-81(86)66-60-54-48-42-35-32-30-29-31-34-40-46-52-58-64-76(6)9-3)74-98-102(91,92)96-70-77(84)69-95-101(89,90)97-73-78(71-93-80(85)65-59-53-47-41-19-17-15-13-11-8-2)100-83(88)68-62-56-50-44-38-37-39-45-51-57-63-75(4)5/h75-79,84H,7-74H2,1-6H3,(H,89,90)(H,91,92)/t76?,77-,78+,79+/m0/s1. The van der Waals surface area contributed by atoms with Crippen LogP contribution in [0.15, 0.2) is 0 Å². The zero-order valence-corrected chi connectivity index (χ0v) is 68.7. The largest absolute Gasteiger partial charge is 0.472 e. The summed E-state index contributed by atoms with van der Waals surface area (Å²) in [6, 6.07) is 0. The molecule has 0 aromatic rings. The second kappa shape index (κ2) is 74.5. The second-order valence-corrected chi connectivity index (χ2v) is 33.5. The second-order valence-electron chi connectivity index (χ2n) is 30.6. The van der Waals surface area contributed by atoms with Crippen LogP contribution in [-0.2, 0) is 65.4 Å². The highest BCUT2D eigenvalue weighted by Crippen LogP contribution is 2.45. The smallest absolute Gasteiger partial charge is 0.462 e. The molecule has 0 heterocycles. The predicted molar refractivity (Wildman–Crippen MR) is 418 cm³/mol. The van der Waals surface area contributed by atoms with Crippen molar-refractivity contribution in [2.45, 2.75) is 458 Å². The van der Waals surface area contributed by atoms with Gasteiger partial charge in [0.15, 0.2) is 12.2 Å². The van der Waals surface area contributed by atoms with E-state index in [-0.39, 0.29) is 25.7 Å². The Morgan fingerprint density at radius 3 is 0.745 bits per heavy atom. The predicted octanol–water partition coefficient (Wildman–Crippen LogP) is 25.1. The summed E-state index contributed by atoms with van der Waals surface area (Å²) in [4.78, 5) is 73.1. The zero-order valence-electron chi connectivity index (χ0n) is 66.9. The first-order chi connectivity index (χ1) is 49.4. The number of ether oxygens (including phenoxy) is 4. The summed E-state index contributed by atoms with van der Waals surface area (Å²) in [5.74, 6) is -0.505. The lowest BCUT2D eigenvalue weighted by Crippen LogP contribution is -2.30. The van der Waals surface area contributed by atoms with E-state index in [4.69, 9.17) is 37.0 Å². The van der Waals surface area contributed by atoms with Crippen molar-refractivity contribution in [2.75, 3.05) is 39.6 Å². The van der Waals surface area contributed by atoms with Crippen molar-refractivity contribution in [3.63, 3.8) is 0 Å². The van der Waals surface area contributed by atoms with Crippen molar-refractivity contribution < 1.29 is 80.2 Å². The van der Waals surface area contributed by atoms with E-state index in [0.717, 1.165) is 102 Å². The number of aliphatic hydroxyl groups is 1. The maximum absolute atomic E-state index is 13.1. The van der Waals surface area contributed by atoms with Gasteiger partial charge in [0, 0.05) is 25.7 Å². The van der Waals surface area contributed by atoms with Crippen LogP contribution < -0.4 is 0 Å². The summed E-state index contributed by atoms with van der Waals surface area (Å²) >= 11 is 0. The molecule has 17 nitrogen and oxygen atoms in total. The van der Waals surface area contributed by atoms with E-state index in [1.807, 2.05) is 0 Å². The quantitative estimate of drug-likeness (QED) is 0.0222. The van der Waals surface area contributed by atoms with E-state index in [1.54, 1.807) is 0 Å². The van der Waals surface area contributed by atoms with Gasteiger partial charge in [-0.15, -0.1) is 0 Å². The molecule has 0 spiro atoms. The molecule has 0 bridgehead atoms. The number of carbonyl (C=O) groups excluding carboxylic acids is 4. The normalized spacial score (nSPS) is 14.1. The number of hydrogen-bond donors (Lipinski definition) is 3. The maximum Gasteiger partial charge on any atom is 0.472 e. The van der Waals surface area contributed by atoms with Crippen LogP contribution in [0.25, 0.3) is 0 Å². The Morgan fingerprint density at radius 1 is 0.284 bits per heavy atom. The van der Waals surface area contributed by atoms with E-state index >= 15 is 0 Å². The Labute approximate surface area is 626 Å². The zero-order chi connectivity index (χ0) is 74.9. The fourth-order valence-corrected chi connectivity index (χ4v) is 14.4. The third kappa shape index (κ3) is 74.9. The summed E-state index contributed by atoms with van der Waals surface area (Å²) in [6.45, 7) is 9.68. The number of rotatable bonds is 82. The van der Waals surface area contributed by atoms with Gasteiger partial charge in [0.05, 0.1) is 26.4 Å². The lowest BCUT2D eigenvalue weighted by atomic mass is 9.99. The first kappa shape index (κ1) is 100. The minimum atomic E-state index is -4.96. The van der Waals surface area contributed by atoms with Crippen LogP contribution in [0.5, 0.6) is 0 Å². The Hall–Kier alpha value is -1.94. The topological polar surface area (TPSA) is 237 Å². The molecule has 0 aliphatic rings. The molecule has 6 atom stereocenters. The van der Waals surface area contributed by atoms with Crippen LogP contribution in [0.1, 0.15) is 440 Å². The fraction of sp³-hybridized carbons (Fsp3) is 0.952. The van der Waals surface area contributed by atoms with Crippen LogP contribution in [0.4, 0.5) is 0 Å². The minimum absolute atomic E-state index is 0.106. The molecule has 0 aromatic carbocycles. The van der Waals surface area contributed by atoms with E-state index < -0.39 is 97.5 Å². The third-order valence-corrected chi connectivity index (χ3v) is 21.7. The van der Waals surface area contributed by atoms with Crippen molar-refractivity contribution in [1.29, 1.82) is 0 Å². The van der Waals surface area contributed by atoms with Gasteiger partial charge in [-0.05, 0) is 37.5 Å². The summed E-state index contributed by atoms with van der Waals surface area (Å²) in [6.07, 6.45) is 65.2. The lowest BCUT2D eigenvalue weighted by Gasteiger charge is -2.21. The molecule has 3 N–H and O–H groups in total. The van der Waals surface area contributed by atoms with Gasteiger partial charge in [-0.25, -0.2) is 9.13 Å². The first-order valence-corrected chi connectivity index (χ1v) is 46.0. The molecular weight excluding hydrogens is 1330 g/mol. The Morgan fingerprint density at radius 2 is 0.500 bits per heavy atom.